The third-order valence-electron chi connectivity index (χ3n) is 5.58. The molecule has 0 radical (unpaired) electrons. The molecule has 2 N–H and O–H groups in total. The molecule has 1 saturated heterocycles. The van der Waals surface area contributed by atoms with E-state index < -0.39 is 18.1 Å². The maximum atomic E-state index is 13.7. The van der Waals surface area contributed by atoms with E-state index >= 15 is 0 Å². The summed E-state index contributed by atoms with van der Waals surface area (Å²) in [6, 6.07) is 15.3. The van der Waals surface area contributed by atoms with Crippen LogP contribution >= 0.6 is 23.4 Å². The molecule has 1 fully saturated rings. The maximum absolute atomic E-state index is 13.7. The number of rotatable bonds is 7. The first-order valence-electron chi connectivity index (χ1n) is 12.1. The van der Waals surface area contributed by atoms with Gasteiger partial charge in [0.25, 0.3) is 0 Å². The zero-order valence-corrected chi connectivity index (χ0v) is 23.0. The molecule has 3 aromatic carbocycles. The molecule has 0 amide bonds. The molecule has 1 aliphatic rings. The lowest BCUT2D eigenvalue weighted by molar-refractivity contribution is -0.274. The summed E-state index contributed by atoms with van der Waals surface area (Å²) < 4.78 is 81.5. The first kappa shape index (κ1) is 30.9. The van der Waals surface area contributed by atoms with Gasteiger partial charge < -0.3 is 15.4 Å². The second-order valence-electron chi connectivity index (χ2n) is 8.54. The molecule has 7 nitrogen and oxygen atoms in total. The Labute approximate surface area is 245 Å². The minimum Gasteiger partial charge on any atom is -0.406 e. The van der Waals surface area contributed by atoms with Crippen molar-refractivity contribution in [3.63, 3.8) is 0 Å². The van der Waals surface area contributed by atoms with Gasteiger partial charge in [-0.05, 0) is 48.4 Å². The van der Waals surface area contributed by atoms with Crippen LogP contribution < -0.4 is 15.4 Å². The van der Waals surface area contributed by atoms with Crippen LogP contribution in [0.15, 0.2) is 86.9 Å². The number of hydrogen-bond acceptors (Lipinski definition) is 5. The van der Waals surface area contributed by atoms with Gasteiger partial charge in [-0.2, -0.15) is 18.3 Å². The van der Waals surface area contributed by atoms with Crippen LogP contribution in [0.2, 0.25) is 5.02 Å². The lowest BCUT2D eigenvalue weighted by atomic mass is 10.1. The van der Waals surface area contributed by atoms with Gasteiger partial charge in [-0.25, -0.2) is 9.98 Å². The Hall–Kier alpha value is -4.04. The zero-order valence-electron chi connectivity index (χ0n) is 21.4. The number of aliphatic imine (C=N–C) groups is 2. The number of nitrogens with two attached hydrogens (primary N) is 1. The number of thioether (sulfide) groups is 1. The van der Waals surface area contributed by atoms with E-state index in [0.29, 0.717) is 40.7 Å². The number of benzene rings is 3. The van der Waals surface area contributed by atoms with Crippen molar-refractivity contribution < 1.29 is 31.1 Å². The van der Waals surface area contributed by atoms with Crippen molar-refractivity contribution in [1.29, 1.82) is 0 Å². The summed E-state index contributed by atoms with van der Waals surface area (Å²) in [5.74, 6) is 0.435. The van der Waals surface area contributed by atoms with Gasteiger partial charge in [0.05, 0.1) is 28.2 Å². The Morgan fingerprint density at radius 2 is 1.69 bits per heavy atom. The largest absolute Gasteiger partial charge is 0.573 e. The molecule has 0 atom stereocenters. The number of hydrogen-bond donors (Lipinski definition) is 1. The fraction of sp³-hybridized carbons (Fsp3) is 0.185. The van der Waals surface area contributed by atoms with Crippen molar-refractivity contribution in [2.24, 2.45) is 25.9 Å². The van der Waals surface area contributed by atoms with E-state index in [0.717, 1.165) is 24.5 Å². The van der Waals surface area contributed by atoms with Crippen LogP contribution in [0, 0.1) is 0 Å². The Kier molecular flexibility index (Phi) is 9.78. The van der Waals surface area contributed by atoms with E-state index in [1.807, 2.05) is 0 Å². The van der Waals surface area contributed by atoms with Crippen LogP contribution in [0.1, 0.15) is 23.1 Å². The number of nitrogens with zero attached hydrogens (tertiary/aromatic N) is 5. The van der Waals surface area contributed by atoms with Crippen LogP contribution in [0.3, 0.4) is 0 Å². The molecule has 0 spiro atoms. The Balaban J connectivity index is 1.42. The lowest BCUT2D eigenvalue weighted by Gasteiger charge is -2.31. The van der Waals surface area contributed by atoms with Gasteiger partial charge in [0.1, 0.15) is 17.9 Å². The van der Waals surface area contributed by atoms with Crippen LogP contribution in [0.4, 0.5) is 37.7 Å². The summed E-state index contributed by atoms with van der Waals surface area (Å²) in [4.78, 5) is 9.49. The van der Waals surface area contributed by atoms with E-state index in [4.69, 9.17) is 17.3 Å². The summed E-state index contributed by atoms with van der Waals surface area (Å²) in [6.07, 6.45) is -6.11. The van der Waals surface area contributed by atoms with Crippen molar-refractivity contribution in [3.8, 4) is 5.75 Å². The van der Waals surface area contributed by atoms with Crippen molar-refractivity contribution >= 4 is 58.3 Å². The number of amidine groups is 2. The van der Waals surface area contributed by atoms with Crippen LogP contribution in [-0.2, 0) is 6.18 Å². The van der Waals surface area contributed by atoms with E-state index in [9.17, 15) is 26.3 Å². The number of ether oxygens (including phenoxy) is 1. The van der Waals surface area contributed by atoms with E-state index in [1.54, 1.807) is 24.3 Å². The normalized spacial score (nSPS) is 16.1. The average molecular weight is 627 g/mol. The van der Waals surface area contributed by atoms with Crippen molar-refractivity contribution in [1.82, 2.24) is 0 Å². The highest BCUT2D eigenvalue weighted by Crippen LogP contribution is 2.42. The van der Waals surface area contributed by atoms with Gasteiger partial charge in [-0.15, -0.1) is 18.3 Å². The average Bonchev–Trinajstić information content (AvgIpc) is 2.93. The van der Waals surface area contributed by atoms with Gasteiger partial charge in [-0.1, -0.05) is 53.7 Å². The van der Waals surface area contributed by atoms with Gasteiger partial charge in [0.15, 0.2) is 5.17 Å². The van der Waals surface area contributed by atoms with Gasteiger partial charge in [0, 0.05) is 17.9 Å². The highest BCUT2D eigenvalue weighted by Gasteiger charge is 2.37. The molecule has 0 aromatic heterocycles. The second kappa shape index (κ2) is 13.3. The SMILES string of the molecule is NC(=NC=Nc1ccc(OC(F)(F)F)cc1)c1ccc(/C=N\N=C2\SCCCN2c2c(Cl)cccc2C(F)(F)F)cc1. The molecule has 0 unspecified atom stereocenters. The molecule has 4 rings (SSSR count). The quantitative estimate of drug-likeness (QED) is 0.126. The van der Waals surface area contributed by atoms with Crippen molar-refractivity contribution in [2.75, 3.05) is 17.2 Å². The maximum Gasteiger partial charge on any atom is 0.573 e. The molecule has 0 bridgehead atoms. The van der Waals surface area contributed by atoms with Gasteiger partial charge in [0.2, 0.25) is 0 Å². The minimum atomic E-state index is -4.78. The molecule has 15 heteroatoms. The van der Waals surface area contributed by atoms with Gasteiger partial charge >= 0.3 is 12.5 Å². The third kappa shape index (κ3) is 8.49. The Morgan fingerprint density at radius 3 is 2.36 bits per heavy atom. The first-order valence-corrected chi connectivity index (χ1v) is 13.5. The van der Waals surface area contributed by atoms with Crippen molar-refractivity contribution in [2.45, 2.75) is 19.0 Å². The van der Waals surface area contributed by atoms with E-state index in [-0.39, 0.29) is 22.3 Å². The zero-order chi connectivity index (χ0) is 30.3. The molecule has 1 aliphatic heterocycles. The van der Waals surface area contributed by atoms with Crippen LogP contribution in [0.25, 0.3) is 0 Å². The number of halogens is 7. The standard InChI is InChI=1S/C27H21ClF6N6OS/c28-22-4-1-3-21(26(29,30)31)23(22)40-13-2-14-42-25(40)39-38-15-17-5-7-18(8-6-17)24(35)37-16-36-19-9-11-20(12-10-19)41-27(32,33)34/h1,3-12,15-16H,2,13-14H2,(H2,35,36,37)/b38-15-,39-25+. The second-order valence-corrected chi connectivity index (χ2v) is 10.0. The summed E-state index contributed by atoms with van der Waals surface area (Å²) in [5.41, 5.74) is 6.54. The number of para-hydroxylation sites is 1. The van der Waals surface area contributed by atoms with Crippen LogP contribution in [0.5, 0.6) is 5.75 Å². The molecule has 3 aromatic rings. The molecule has 220 valence electrons. The number of alkyl halides is 6. The summed E-state index contributed by atoms with van der Waals surface area (Å²) in [5, 5.41) is 8.50. The highest BCUT2D eigenvalue weighted by molar-refractivity contribution is 8.14. The van der Waals surface area contributed by atoms with Gasteiger partial charge in [-0.3, -0.25) is 0 Å². The molecule has 42 heavy (non-hydrogen) atoms. The van der Waals surface area contributed by atoms with Crippen LogP contribution in [-0.4, -0.2) is 42.2 Å². The monoisotopic (exact) mass is 626 g/mol. The fourth-order valence-corrected chi connectivity index (χ4v) is 4.90. The van der Waals surface area contributed by atoms with E-state index in [2.05, 4.69) is 24.9 Å². The third-order valence-corrected chi connectivity index (χ3v) is 6.94. The Morgan fingerprint density at radius 1 is 0.976 bits per heavy atom. The minimum absolute atomic E-state index is 0.0302. The number of anilines is 1. The first-order chi connectivity index (χ1) is 19.9. The molecular weight excluding hydrogens is 606 g/mol. The Bertz CT molecular complexity index is 1510. The summed E-state index contributed by atoms with van der Waals surface area (Å²) in [7, 11) is 0. The topological polar surface area (TPSA) is 87.9 Å². The van der Waals surface area contributed by atoms with E-state index in [1.165, 1.54) is 47.1 Å². The molecule has 0 aliphatic carbocycles. The molecule has 1 heterocycles. The highest BCUT2D eigenvalue weighted by atomic mass is 35.5. The smallest absolute Gasteiger partial charge is 0.406 e. The molecule has 0 saturated carbocycles. The summed E-state index contributed by atoms with van der Waals surface area (Å²) >= 11 is 7.47. The fourth-order valence-electron chi connectivity index (χ4n) is 3.72. The molecular formula is C27H21ClF6N6OS. The summed E-state index contributed by atoms with van der Waals surface area (Å²) in [6.45, 7) is 0.308. The van der Waals surface area contributed by atoms with Crippen molar-refractivity contribution in [3.05, 3.63) is 88.4 Å². The lowest BCUT2D eigenvalue weighted by Crippen LogP contribution is -2.35. The predicted octanol–water partition coefficient (Wildman–Crippen LogP) is 7.66. The predicted molar refractivity (Wildman–Crippen MR) is 154 cm³/mol.